The fourth-order valence-corrected chi connectivity index (χ4v) is 1.84. The predicted octanol–water partition coefficient (Wildman–Crippen LogP) is 3.46. The van der Waals surface area contributed by atoms with Gasteiger partial charge >= 0.3 is 0 Å². The lowest BCUT2D eigenvalue weighted by molar-refractivity contribution is 0.475. The van der Waals surface area contributed by atoms with Crippen molar-refractivity contribution in [1.82, 2.24) is 4.98 Å². The van der Waals surface area contributed by atoms with E-state index in [1.807, 2.05) is 18.2 Å². The molecule has 0 bridgehead atoms. The molecular formula is C16H19N3O. The van der Waals surface area contributed by atoms with E-state index in [4.69, 9.17) is 15.9 Å². The fourth-order valence-electron chi connectivity index (χ4n) is 1.84. The number of hydrogen-bond donors (Lipinski definition) is 2. The zero-order valence-electron chi connectivity index (χ0n) is 12.0. The maximum atomic E-state index is 7.55. The topological polar surface area (TPSA) is 72.0 Å². The molecule has 0 unspecified atom stereocenters. The molecular weight excluding hydrogens is 250 g/mol. The monoisotopic (exact) mass is 269 g/mol. The number of rotatable bonds is 3. The van der Waals surface area contributed by atoms with Crippen molar-refractivity contribution < 1.29 is 4.74 Å². The average molecular weight is 269 g/mol. The first kappa shape index (κ1) is 14.1. The fraction of sp³-hybridized carbons (Fsp3) is 0.250. The number of nitrogens with zero attached hydrogens (tertiary/aromatic N) is 1. The Kier molecular flexibility index (Phi) is 3.74. The lowest BCUT2D eigenvalue weighted by Gasteiger charge is -2.20. The molecule has 1 heterocycles. The molecule has 0 radical (unpaired) electrons. The van der Waals surface area contributed by atoms with Gasteiger partial charge in [-0.25, -0.2) is 0 Å². The molecule has 0 aliphatic carbocycles. The van der Waals surface area contributed by atoms with Crippen molar-refractivity contribution in [3.05, 3.63) is 53.9 Å². The van der Waals surface area contributed by atoms with E-state index in [1.54, 1.807) is 18.5 Å². The maximum Gasteiger partial charge on any atom is 0.156 e. The van der Waals surface area contributed by atoms with E-state index in [1.165, 1.54) is 5.56 Å². The highest BCUT2D eigenvalue weighted by atomic mass is 16.5. The molecule has 3 N–H and O–H groups in total. The number of ether oxygens (including phenoxy) is 1. The number of nitrogens with two attached hydrogens (primary N) is 1. The second-order valence-electron chi connectivity index (χ2n) is 5.67. The molecule has 0 fully saturated rings. The standard InChI is InChI=1S/C16H19N3O/c1-16(2,3)11-5-4-6-12(9-11)20-14-10-19-8-7-13(14)15(17)18/h4-10H,1-3H3,(H3,17,18). The van der Waals surface area contributed by atoms with Crippen LogP contribution >= 0.6 is 0 Å². The van der Waals surface area contributed by atoms with E-state index >= 15 is 0 Å². The molecule has 0 spiro atoms. The van der Waals surface area contributed by atoms with Crippen LogP contribution in [0.4, 0.5) is 0 Å². The minimum absolute atomic E-state index is 0.0330. The Morgan fingerprint density at radius 1 is 1.25 bits per heavy atom. The van der Waals surface area contributed by atoms with Gasteiger partial charge in [0, 0.05) is 6.20 Å². The highest BCUT2D eigenvalue weighted by Crippen LogP contribution is 2.29. The summed E-state index contributed by atoms with van der Waals surface area (Å²) in [5, 5.41) is 7.55. The zero-order valence-corrected chi connectivity index (χ0v) is 12.0. The summed E-state index contributed by atoms with van der Waals surface area (Å²) in [7, 11) is 0. The van der Waals surface area contributed by atoms with Crippen molar-refractivity contribution in [3.8, 4) is 11.5 Å². The van der Waals surface area contributed by atoms with Crippen LogP contribution in [0.15, 0.2) is 42.7 Å². The molecule has 0 saturated heterocycles. The first-order chi connectivity index (χ1) is 9.38. The number of pyridine rings is 1. The summed E-state index contributed by atoms with van der Waals surface area (Å²) in [6, 6.07) is 9.58. The van der Waals surface area contributed by atoms with E-state index in [9.17, 15) is 0 Å². The highest BCUT2D eigenvalue weighted by molar-refractivity contribution is 5.97. The Balaban J connectivity index is 2.34. The van der Waals surface area contributed by atoms with Gasteiger partial charge in [0.1, 0.15) is 11.6 Å². The van der Waals surface area contributed by atoms with Gasteiger partial charge in [0.15, 0.2) is 5.75 Å². The lowest BCUT2D eigenvalue weighted by atomic mass is 9.87. The van der Waals surface area contributed by atoms with Gasteiger partial charge in [0.2, 0.25) is 0 Å². The van der Waals surface area contributed by atoms with Gasteiger partial charge in [0.25, 0.3) is 0 Å². The molecule has 2 rings (SSSR count). The zero-order chi connectivity index (χ0) is 14.8. The van der Waals surface area contributed by atoms with Crippen LogP contribution < -0.4 is 10.5 Å². The quantitative estimate of drug-likeness (QED) is 0.662. The molecule has 20 heavy (non-hydrogen) atoms. The van der Waals surface area contributed by atoms with Crippen molar-refractivity contribution in [2.24, 2.45) is 5.73 Å². The third-order valence-electron chi connectivity index (χ3n) is 3.00. The summed E-state index contributed by atoms with van der Waals surface area (Å²) in [6.45, 7) is 6.45. The SMILES string of the molecule is CC(C)(C)c1cccc(Oc2cnccc2C(=N)N)c1. The van der Waals surface area contributed by atoms with Crippen molar-refractivity contribution >= 4 is 5.84 Å². The molecule has 0 saturated carbocycles. The molecule has 104 valence electrons. The summed E-state index contributed by atoms with van der Waals surface area (Å²) < 4.78 is 5.82. The van der Waals surface area contributed by atoms with Crippen molar-refractivity contribution in [2.45, 2.75) is 26.2 Å². The average Bonchev–Trinajstić information content (AvgIpc) is 2.38. The third-order valence-corrected chi connectivity index (χ3v) is 3.00. The van der Waals surface area contributed by atoms with Crippen LogP contribution in [0, 0.1) is 5.41 Å². The van der Waals surface area contributed by atoms with Gasteiger partial charge in [-0.15, -0.1) is 0 Å². The van der Waals surface area contributed by atoms with Gasteiger partial charge in [-0.3, -0.25) is 10.4 Å². The first-order valence-corrected chi connectivity index (χ1v) is 6.45. The molecule has 0 aliphatic heterocycles. The van der Waals surface area contributed by atoms with Gasteiger partial charge < -0.3 is 10.5 Å². The Labute approximate surface area is 119 Å². The molecule has 1 aromatic heterocycles. The molecule has 1 aromatic carbocycles. The number of nitrogens with one attached hydrogen (secondary N) is 1. The van der Waals surface area contributed by atoms with E-state index in [0.717, 1.165) is 0 Å². The summed E-state index contributed by atoms with van der Waals surface area (Å²) in [5.41, 5.74) is 7.32. The highest BCUT2D eigenvalue weighted by Gasteiger charge is 2.15. The van der Waals surface area contributed by atoms with Crippen molar-refractivity contribution in [1.29, 1.82) is 5.41 Å². The van der Waals surface area contributed by atoms with E-state index in [-0.39, 0.29) is 11.3 Å². The van der Waals surface area contributed by atoms with Gasteiger partial charge in [-0.2, -0.15) is 0 Å². The van der Waals surface area contributed by atoms with Crippen LogP contribution in [0.25, 0.3) is 0 Å². The Morgan fingerprint density at radius 3 is 2.65 bits per heavy atom. The van der Waals surface area contributed by atoms with E-state index in [2.05, 4.69) is 31.8 Å². The number of aromatic nitrogens is 1. The number of hydrogen-bond acceptors (Lipinski definition) is 3. The smallest absolute Gasteiger partial charge is 0.156 e. The lowest BCUT2D eigenvalue weighted by Crippen LogP contribution is -2.13. The Hall–Kier alpha value is -2.36. The number of nitrogen functional groups attached to an aromatic ring is 1. The number of benzene rings is 1. The Bertz CT molecular complexity index is 630. The van der Waals surface area contributed by atoms with Crippen LogP contribution in [-0.2, 0) is 5.41 Å². The minimum atomic E-state index is -0.0330. The van der Waals surface area contributed by atoms with Gasteiger partial charge in [-0.05, 0) is 29.2 Å². The summed E-state index contributed by atoms with van der Waals surface area (Å²) in [6.07, 6.45) is 3.16. The molecule has 2 aromatic rings. The van der Waals surface area contributed by atoms with Gasteiger partial charge in [-0.1, -0.05) is 32.9 Å². The molecule has 0 amide bonds. The van der Waals surface area contributed by atoms with Crippen LogP contribution in [0.2, 0.25) is 0 Å². The van der Waals surface area contributed by atoms with E-state index < -0.39 is 0 Å². The maximum absolute atomic E-state index is 7.55. The van der Waals surface area contributed by atoms with E-state index in [0.29, 0.717) is 17.1 Å². The third kappa shape index (κ3) is 3.15. The first-order valence-electron chi connectivity index (χ1n) is 6.45. The minimum Gasteiger partial charge on any atom is -0.455 e. The molecule has 0 aliphatic rings. The predicted molar refractivity (Wildman–Crippen MR) is 80.5 cm³/mol. The van der Waals surface area contributed by atoms with Crippen LogP contribution in [-0.4, -0.2) is 10.8 Å². The molecule has 4 nitrogen and oxygen atoms in total. The second kappa shape index (κ2) is 5.33. The summed E-state index contributed by atoms with van der Waals surface area (Å²) in [5.74, 6) is 1.17. The van der Waals surface area contributed by atoms with Crippen molar-refractivity contribution in [3.63, 3.8) is 0 Å². The van der Waals surface area contributed by atoms with Crippen LogP contribution in [0.3, 0.4) is 0 Å². The van der Waals surface area contributed by atoms with Gasteiger partial charge in [0.05, 0.1) is 11.8 Å². The summed E-state index contributed by atoms with van der Waals surface area (Å²) >= 11 is 0. The van der Waals surface area contributed by atoms with Crippen LogP contribution in [0.1, 0.15) is 31.9 Å². The molecule has 4 heteroatoms. The summed E-state index contributed by atoms with van der Waals surface area (Å²) in [4.78, 5) is 4.02. The largest absolute Gasteiger partial charge is 0.455 e. The number of amidine groups is 1. The van der Waals surface area contributed by atoms with Crippen LogP contribution in [0.5, 0.6) is 11.5 Å². The second-order valence-corrected chi connectivity index (χ2v) is 5.67. The molecule has 0 atom stereocenters. The Morgan fingerprint density at radius 2 is 2.00 bits per heavy atom. The normalized spacial score (nSPS) is 11.2. The van der Waals surface area contributed by atoms with Crippen molar-refractivity contribution in [2.75, 3.05) is 0 Å².